The van der Waals surface area contributed by atoms with Crippen molar-refractivity contribution in [2.45, 2.75) is 178 Å². The van der Waals surface area contributed by atoms with Crippen molar-refractivity contribution >= 4 is 108 Å². The number of hydrogen-bond acceptors (Lipinski definition) is 25. The third kappa shape index (κ3) is 21.3. The predicted molar refractivity (Wildman–Crippen MR) is 410 cm³/mol. The first-order valence-corrected chi connectivity index (χ1v) is 40.6. The first kappa shape index (κ1) is 89.4. The van der Waals surface area contributed by atoms with Gasteiger partial charge in [0.05, 0.1) is 53.4 Å². The number of benzene rings is 5. The van der Waals surface area contributed by atoms with Crippen molar-refractivity contribution in [2.24, 2.45) is 11.7 Å². The van der Waals surface area contributed by atoms with Crippen molar-refractivity contribution in [3.63, 3.8) is 0 Å². The van der Waals surface area contributed by atoms with E-state index in [2.05, 4.69) is 74.4 Å². The lowest BCUT2D eigenvalue weighted by molar-refractivity contribution is -0.337. The average molecular weight is 1780 g/mol. The zero-order valence-electron chi connectivity index (χ0n) is 59.7. The summed E-state index contributed by atoms with van der Waals surface area (Å²) in [7, 11) is 4.96. The number of carbonyl (C=O) groups is 8. The molecule has 12 unspecified atom stereocenters. The van der Waals surface area contributed by atoms with E-state index in [1.807, 2.05) is 13.8 Å². The van der Waals surface area contributed by atoms with Gasteiger partial charge in [0.25, 0.3) is 0 Å². The fraction of sp³-hybridized carbons (Fsp3) is 0.472. The van der Waals surface area contributed by atoms with Crippen LogP contribution >= 0.6 is 60.4 Å². The molecule has 7 amide bonds. The number of fused-ring (bicyclic) bond motifs is 2. The molecule has 2 fully saturated rings. The Morgan fingerprint density at radius 2 is 1.39 bits per heavy atom. The lowest BCUT2D eigenvalue weighted by atomic mass is 9.84. The quantitative estimate of drug-likeness (QED) is 0.0546. The van der Waals surface area contributed by atoms with Crippen molar-refractivity contribution in [1.29, 1.82) is 0 Å². The van der Waals surface area contributed by atoms with Gasteiger partial charge < -0.3 is 122 Å². The largest absolute Gasteiger partial charge is 0.508 e. The van der Waals surface area contributed by atoms with Crippen LogP contribution < -0.4 is 57.2 Å². The van der Waals surface area contributed by atoms with Crippen LogP contribution in [0.2, 0.25) is 10.0 Å². The lowest BCUT2D eigenvalue weighted by Crippen LogP contribution is -2.65. The van der Waals surface area contributed by atoms with Crippen LogP contribution in [0.5, 0.6) is 46.0 Å². The van der Waals surface area contributed by atoms with E-state index in [-0.39, 0.29) is 98.4 Å². The number of ketones is 1. The summed E-state index contributed by atoms with van der Waals surface area (Å²) in [5.41, 5.74) is 3.63. The first-order valence-electron chi connectivity index (χ1n) is 33.6. The Kier molecular flexibility index (Phi) is 32.6. The van der Waals surface area contributed by atoms with Gasteiger partial charge in [0, 0.05) is 60.3 Å². The summed E-state index contributed by atoms with van der Waals surface area (Å²) in [6.07, 6.45) is -16.8. The van der Waals surface area contributed by atoms with Crippen LogP contribution in [-0.4, -0.2) is 217 Å². The molecule has 0 aromatic heterocycles. The number of nitrogens with one attached hydrogen (secondary N) is 7. The molecule has 5 aliphatic rings. The number of ether oxygens (including phenoxy) is 6. The standard InChI is InChI=1S/C71H89Cl2N9O23.CH4.I2/c1-30(2)22-41(75-8)67(97)81-55-58(90)35-18-20-45(39(72)23-35)101-47-16-13-17-48(62(47)105-70-63(61(93)60(92)49(29-83)103-70)104-52-27-71(7,82(9)10)64(94)34(6)100-52)102-46-21-19-36(24-40(46)73)59(91)56(80-65(95)32(4)77-51(88)28-76-66(96)42(26-50(74)87)78-68(55)98)69(99)79-54(33(5)84)38-25-44(86)31(3)57(89)53(38)37-14-11-12-15-43(37)85;;1-2/h11-21,23-25,30,32,34,41-42,49,52,54-56,58-61,63-64,70,75,83,85-86,89-94H,22,26-29H2,1-10H3,(H2,74,87)(H,76,96)(H,77,88)(H,78,98)(H,79,99)(H,80,95)(H,81,97);1H4;/t32-,34+,41?,42+,49-,52?,54-,55?,56?,58?,59?,60?,61?,63?,64?,70?,71?;;/m1../s1. The predicted octanol–water partition coefficient (Wildman–Crippen LogP) is 4.21. The SMILES string of the molecule is C.CNC(CC(C)C)C(=O)NC1C(=O)N[C@@H](CC(N)=O)C(=O)NCC(=O)N[C@H](C)C(=O)NC(C(=O)N[C@H](C(C)=O)c2cc(O)c(C)c(O)c2-c2ccccc2O)C(O)c2ccc(c(Cl)c2)Oc2cccc(c2OC2O[C@H](CO)C(O)C(O)C2OC2CC(C)(N(C)C)C(O)[C@H](C)O2)Oc2ccc(cc2Cl)C1O.II. The molecule has 2 saturated heterocycles. The zero-order chi connectivity index (χ0) is 79.4. The van der Waals surface area contributed by atoms with E-state index in [1.165, 1.54) is 86.8 Å². The Balaban J connectivity index is 0.00000603. The number of aromatic hydroxyl groups is 3. The van der Waals surface area contributed by atoms with Gasteiger partial charge >= 0.3 is 0 Å². The molecule has 10 rings (SSSR count). The molecule has 36 heteroatoms. The summed E-state index contributed by atoms with van der Waals surface area (Å²) in [5.74, 6) is -11.8. The minimum atomic E-state index is -2.18. The van der Waals surface area contributed by atoms with Crippen LogP contribution in [0.15, 0.2) is 84.9 Å². The topological polar surface area (TPSA) is 487 Å². The summed E-state index contributed by atoms with van der Waals surface area (Å²) in [6, 6.07) is 7.53. The number of likely N-dealkylation sites (N-methyl/N-ethyl adjacent to an activating group) is 2. The third-order valence-corrected chi connectivity index (χ3v) is 19.1. The minimum absolute atomic E-state index is 0. The minimum Gasteiger partial charge on any atom is -0.508 e. The summed E-state index contributed by atoms with van der Waals surface area (Å²) in [5, 5.41) is 120. The molecule has 6 bridgehead atoms. The molecule has 108 heavy (non-hydrogen) atoms. The molecule has 5 aromatic rings. The Morgan fingerprint density at radius 3 is 1.94 bits per heavy atom. The number of nitrogens with zero attached hydrogens (tertiary/aromatic N) is 1. The zero-order valence-corrected chi connectivity index (χ0v) is 65.5. The molecule has 5 aromatic carbocycles. The van der Waals surface area contributed by atoms with Gasteiger partial charge in [-0.1, -0.05) is 80.9 Å². The summed E-state index contributed by atoms with van der Waals surface area (Å²) in [6.45, 7) is 8.73. The fourth-order valence-electron chi connectivity index (χ4n) is 12.3. The number of primary amides is 1. The number of hydrogen-bond donors (Lipinski definition) is 17. The van der Waals surface area contributed by atoms with E-state index in [9.17, 15) is 79.5 Å². The molecular formula is C72H93Cl2I2N9O23. The van der Waals surface area contributed by atoms with E-state index in [0.29, 0.717) is 0 Å². The second-order valence-electron chi connectivity index (χ2n) is 26.7. The fourth-order valence-corrected chi connectivity index (χ4v) is 12.7. The number of Topliss-reactive ketones (excluding diaryl/α,β-unsaturated/α-hetero) is 1. The lowest BCUT2D eigenvalue weighted by Gasteiger charge is -2.50. The van der Waals surface area contributed by atoms with Crippen LogP contribution in [0.4, 0.5) is 0 Å². The molecule has 0 aliphatic carbocycles. The monoisotopic (exact) mass is 1780 g/mol. The highest BCUT2D eigenvalue weighted by atomic mass is 128. The van der Waals surface area contributed by atoms with Gasteiger partial charge in [-0.2, -0.15) is 0 Å². The number of halogens is 4. The number of phenols is 3. The second kappa shape index (κ2) is 39.4. The molecule has 32 nitrogen and oxygen atoms in total. The van der Waals surface area contributed by atoms with Gasteiger partial charge in [0.15, 0.2) is 29.7 Å². The van der Waals surface area contributed by atoms with Crippen molar-refractivity contribution in [3.8, 4) is 57.1 Å². The summed E-state index contributed by atoms with van der Waals surface area (Å²) >= 11 is 18.3. The van der Waals surface area contributed by atoms with E-state index < -0.39 is 187 Å². The van der Waals surface area contributed by atoms with Crippen molar-refractivity contribution in [3.05, 3.63) is 117 Å². The number of phenolic OH excluding ortho intramolecular Hbond substituents is 3. The van der Waals surface area contributed by atoms with Crippen LogP contribution in [0, 0.1) is 12.8 Å². The highest BCUT2D eigenvalue weighted by Gasteiger charge is 2.52. The maximum Gasteiger partial charge on any atom is 0.246 e. The highest BCUT2D eigenvalue weighted by Crippen LogP contribution is 2.48. The van der Waals surface area contributed by atoms with Gasteiger partial charge in [0.1, 0.15) is 89.5 Å². The average Bonchev–Trinajstić information content (AvgIpc) is 0.774. The van der Waals surface area contributed by atoms with Gasteiger partial charge in [-0.15, -0.1) is 0 Å². The molecule has 5 aliphatic heterocycles. The number of aliphatic hydroxyl groups is 6. The number of carbonyl (C=O) groups excluding carboxylic acids is 8. The van der Waals surface area contributed by atoms with Crippen molar-refractivity contribution < 1.29 is 113 Å². The normalized spacial score (nSPS) is 26.3. The molecule has 592 valence electrons. The number of para-hydroxylation sites is 2. The maximum atomic E-state index is 15.0. The Labute approximate surface area is 656 Å². The van der Waals surface area contributed by atoms with Gasteiger partial charge in [-0.3, -0.25) is 38.4 Å². The van der Waals surface area contributed by atoms with Crippen LogP contribution in [0.25, 0.3) is 11.1 Å². The van der Waals surface area contributed by atoms with Crippen LogP contribution in [0.1, 0.15) is 109 Å². The second-order valence-corrected chi connectivity index (χ2v) is 27.6. The molecule has 0 spiro atoms. The molecular weight excluding hydrogens is 1680 g/mol. The Bertz CT molecular complexity index is 4060. The smallest absolute Gasteiger partial charge is 0.246 e. The Hall–Kier alpha value is -7.54. The van der Waals surface area contributed by atoms with Gasteiger partial charge in [0.2, 0.25) is 53.4 Å². The molecule has 0 saturated carbocycles. The highest BCUT2D eigenvalue weighted by molar-refractivity contribution is 15.0. The molecule has 5 heterocycles. The van der Waals surface area contributed by atoms with Gasteiger partial charge in [-0.25, -0.2) is 0 Å². The number of nitrogens with two attached hydrogens (primary N) is 1. The Morgan fingerprint density at radius 1 is 0.787 bits per heavy atom. The van der Waals surface area contributed by atoms with E-state index in [4.69, 9.17) is 57.4 Å². The van der Waals surface area contributed by atoms with Crippen molar-refractivity contribution in [2.75, 3.05) is 34.3 Å². The third-order valence-electron chi connectivity index (χ3n) is 18.5. The number of aliphatic hydroxyl groups excluding tert-OH is 6. The molecule has 18 N–H and O–H groups in total. The molecule has 0 radical (unpaired) electrons. The van der Waals surface area contributed by atoms with Crippen LogP contribution in [-0.2, 0) is 52.6 Å². The van der Waals surface area contributed by atoms with E-state index in [1.54, 1.807) is 32.8 Å². The number of rotatable bonds is 18. The van der Waals surface area contributed by atoms with Crippen molar-refractivity contribution in [1.82, 2.24) is 42.1 Å². The summed E-state index contributed by atoms with van der Waals surface area (Å²) in [4.78, 5) is 114. The van der Waals surface area contributed by atoms with Crippen LogP contribution in [0.3, 0.4) is 0 Å². The van der Waals surface area contributed by atoms with E-state index >= 15 is 4.79 Å². The number of amides is 7. The maximum absolute atomic E-state index is 15.0. The van der Waals surface area contributed by atoms with E-state index in [0.717, 1.165) is 26.0 Å². The first-order chi connectivity index (χ1) is 50.5. The summed E-state index contributed by atoms with van der Waals surface area (Å²) < 4.78 is 38.3. The molecule has 17 atom stereocenters. The van der Waals surface area contributed by atoms with Gasteiger partial charge in [-0.05, 0) is 133 Å².